The quantitative estimate of drug-likeness (QED) is 0.605. The summed E-state index contributed by atoms with van der Waals surface area (Å²) in [7, 11) is 0. The van der Waals surface area contributed by atoms with Gasteiger partial charge in [0.1, 0.15) is 0 Å². The SMILES string of the molecule is Cc1cc(C)nc(C(F)(F)F)n1. The number of halogens is 3. The predicted molar refractivity (Wildman–Crippen MR) is 36.5 cm³/mol. The van der Waals surface area contributed by atoms with Gasteiger partial charge in [0.15, 0.2) is 0 Å². The minimum Gasteiger partial charge on any atom is -0.230 e. The molecule has 5 heteroatoms. The maximum absolute atomic E-state index is 12.0. The van der Waals surface area contributed by atoms with Gasteiger partial charge in [0.25, 0.3) is 0 Å². The first-order valence-electron chi connectivity index (χ1n) is 3.29. The van der Waals surface area contributed by atoms with Crippen LogP contribution >= 0.6 is 0 Å². The Bertz CT molecular complexity index is 273. The number of nitrogens with zero attached hydrogens (tertiary/aromatic N) is 2. The summed E-state index contributed by atoms with van der Waals surface area (Å²) >= 11 is 0. The number of alkyl halides is 3. The summed E-state index contributed by atoms with van der Waals surface area (Å²) in [6.07, 6.45) is -4.45. The number of hydrogen-bond acceptors (Lipinski definition) is 2. The highest BCUT2D eigenvalue weighted by Gasteiger charge is 2.34. The summed E-state index contributed by atoms with van der Waals surface area (Å²) < 4.78 is 36.1. The van der Waals surface area contributed by atoms with E-state index in [4.69, 9.17) is 0 Å². The van der Waals surface area contributed by atoms with Crippen LogP contribution < -0.4 is 0 Å². The largest absolute Gasteiger partial charge is 0.451 e. The van der Waals surface area contributed by atoms with Gasteiger partial charge in [-0.1, -0.05) is 0 Å². The molecule has 1 aromatic heterocycles. The van der Waals surface area contributed by atoms with Crippen molar-refractivity contribution in [2.24, 2.45) is 0 Å². The zero-order chi connectivity index (χ0) is 9.35. The molecular formula is C7H7F3N2. The molecule has 12 heavy (non-hydrogen) atoms. The fraction of sp³-hybridized carbons (Fsp3) is 0.429. The lowest BCUT2D eigenvalue weighted by atomic mass is 10.3. The zero-order valence-corrected chi connectivity index (χ0v) is 6.61. The van der Waals surface area contributed by atoms with Crippen molar-refractivity contribution < 1.29 is 13.2 Å². The first kappa shape index (κ1) is 8.96. The van der Waals surface area contributed by atoms with Gasteiger partial charge in [-0.15, -0.1) is 0 Å². The molecular weight excluding hydrogens is 169 g/mol. The summed E-state index contributed by atoms with van der Waals surface area (Å²) in [5, 5.41) is 0. The molecule has 2 nitrogen and oxygen atoms in total. The molecule has 0 atom stereocenters. The standard InChI is InChI=1S/C7H7F3N2/c1-4-3-5(2)12-6(11-4)7(8,9)10/h3H,1-2H3. The summed E-state index contributed by atoms with van der Waals surface area (Å²) in [4.78, 5) is 6.54. The van der Waals surface area contributed by atoms with Crippen molar-refractivity contribution in [3.05, 3.63) is 23.3 Å². The van der Waals surface area contributed by atoms with Gasteiger partial charge in [-0.2, -0.15) is 13.2 Å². The second-order valence-electron chi connectivity index (χ2n) is 2.47. The van der Waals surface area contributed by atoms with E-state index >= 15 is 0 Å². The highest BCUT2D eigenvalue weighted by molar-refractivity contribution is 5.09. The lowest BCUT2D eigenvalue weighted by Gasteiger charge is -2.05. The van der Waals surface area contributed by atoms with E-state index in [9.17, 15) is 13.2 Å². The molecule has 1 aromatic rings. The zero-order valence-electron chi connectivity index (χ0n) is 6.61. The van der Waals surface area contributed by atoms with Gasteiger partial charge in [0.2, 0.25) is 5.82 Å². The lowest BCUT2D eigenvalue weighted by Crippen LogP contribution is -2.12. The van der Waals surface area contributed by atoms with Crippen LogP contribution in [0.25, 0.3) is 0 Å². The Hall–Kier alpha value is -1.13. The molecule has 0 spiro atoms. The van der Waals surface area contributed by atoms with Crippen LogP contribution in [0.4, 0.5) is 13.2 Å². The second kappa shape index (κ2) is 2.73. The molecule has 1 rings (SSSR count). The van der Waals surface area contributed by atoms with Crippen molar-refractivity contribution >= 4 is 0 Å². The minimum absolute atomic E-state index is 0.329. The van der Waals surface area contributed by atoms with E-state index in [1.807, 2.05) is 0 Å². The Kier molecular flexibility index (Phi) is 2.04. The van der Waals surface area contributed by atoms with Gasteiger partial charge in [-0.3, -0.25) is 0 Å². The van der Waals surface area contributed by atoms with E-state index < -0.39 is 12.0 Å². The molecule has 0 aliphatic rings. The van der Waals surface area contributed by atoms with E-state index in [1.165, 1.54) is 19.9 Å². The van der Waals surface area contributed by atoms with Gasteiger partial charge in [-0.25, -0.2) is 9.97 Å². The molecule has 0 aliphatic heterocycles. The monoisotopic (exact) mass is 176 g/mol. The maximum Gasteiger partial charge on any atom is 0.451 e. The molecule has 0 amide bonds. The van der Waals surface area contributed by atoms with Gasteiger partial charge in [-0.05, 0) is 19.9 Å². The molecule has 0 N–H and O–H groups in total. The summed E-state index contributed by atoms with van der Waals surface area (Å²) in [6.45, 7) is 3.01. The summed E-state index contributed by atoms with van der Waals surface area (Å²) in [5.74, 6) is -1.07. The van der Waals surface area contributed by atoms with Crippen molar-refractivity contribution in [1.29, 1.82) is 0 Å². The molecule has 0 bridgehead atoms. The Morgan fingerprint density at radius 1 is 1.08 bits per heavy atom. The van der Waals surface area contributed by atoms with E-state index in [-0.39, 0.29) is 0 Å². The molecule has 0 unspecified atom stereocenters. The number of aryl methyl sites for hydroxylation is 2. The third kappa shape index (κ3) is 1.93. The normalized spacial score (nSPS) is 11.8. The van der Waals surface area contributed by atoms with Gasteiger partial charge in [0.05, 0.1) is 0 Å². The molecule has 0 aliphatic carbocycles. The Morgan fingerprint density at radius 2 is 1.50 bits per heavy atom. The highest BCUT2D eigenvalue weighted by atomic mass is 19.4. The fourth-order valence-corrected chi connectivity index (χ4v) is 0.853. The van der Waals surface area contributed by atoms with E-state index in [0.29, 0.717) is 11.4 Å². The topological polar surface area (TPSA) is 25.8 Å². The fourth-order valence-electron chi connectivity index (χ4n) is 0.853. The van der Waals surface area contributed by atoms with Crippen LogP contribution in [0.3, 0.4) is 0 Å². The summed E-state index contributed by atoms with van der Waals surface area (Å²) in [6, 6.07) is 1.50. The van der Waals surface area contributed by atoms with Crippen LogP contribution in [0.1, 0.15) is 17.2 Å². The average molecular weight is 176 g/mol. The van der Waals surface area contributed by atoms with Crippen molar-refractivity contribution in [3.63, 3.8) is 0 Å². The first-order chi connectivity index (χ1) is 5.39. The third-order valence-electron chi connectivity index (χ3n) is 1.24. The predicted octanol–water partition coefficient (Wildman–Crippen LogP) is 2.11. The van der Waals surface area contributed by atoms with Crippen LogP contribution in [0, 0.1) is 13.8 Å². The van der Waals surface area contributed by atoms with Crippen LogP contribution in [0.15, 0.2) is 6.07 Å². The molecule has 0 saturated heterocycles. The molecule has 0 aromatic carbocycles. The number of hydrogen-bond donors (Lipinski definition) is 0. The van der Waals surface area contributed by atoms with Gasteiger partial charge < -0.3 is 0 Å². The van der Waals surface area contributed by atoms with E-state index in [0.717, 1.165) is 0 Å². The second-order valence-corrected chi connectivity index (χ2v) is 2.47. The van der Waals surface area contributed by atoms with Crippen molar-refractivity contribution in [1.82, 2.24) is 9.97 Å². The van der Waals surface area contributed by atoms with E-state index in [2.05, 4.69) is 9.97 Å². The van der Waals surface area contributed by atoms with Crippen molar-refractivity contribution in [2.45, 2.75) is 20.0 Å². The van der Waals surface area contributed by atoms with Gasteiger partial charge >= 0.3 is 6.18 Å². The highest BCUT2D eigenvalue weighted by Crippen LogP contribution is 2.25. The Balaban J connectivity index is 3.18. The molecule has 1 heterocycles. The number of rotatable bonds is 0. The van der Waals surface area contributed by atoms with Gasteiger partial charge in [0, 0.05) is 11.4 Å². The van der Waals surface area contributed by atoms with Crippen molar-refractivity contribution in [3.8, 4) is 0 Å². The van der Waals surface area contributed by atoms with Crippen LogP contribution in [0.5, 0.6) is 0 Å². The molecule has 0 saturated carbocycles. The smallest absolute Gasteiger partial charge is 0.230 e. The van der Waals surface area contributed by atoms with E-state index in [1.54, 1.807) is 0 Å². The van der Waals surface area contributed by atoms with Crippen molar-refractivity contribution in [2.75, 3.05) is 0 Å². The van der Waals surface area contributed by atoms with Crippen LogP contribution in [0.2, 0.25) is 0 Å². The Labute approximate surface area is 67.5 Å². The third-order valence-corrected chi connectivity index (χ3v) is 1.24. The molecule has 66 valence electrons. The Morgan fingerprint density at radius 3 is 1.83 bits per heavy atom. The molecule has 0 fully saturated rings. The number of aromatic nitrogens is 2. The van der Waals surface area contributed by atoms with Crippen LogP contribution in [-0.4, -0.2) is 9.97 Å². The summed E-state index contributed by atoms with van der Waals surface area (Å²) in [5.41, 5.74) is 0.657. The van der Waals surface area contributed by atoms with Crippen LogP contribution in [-0.2, 0) is 6.18 Å². The molecule has 0 radical (unpaired) electrons. The average Bonchev–Trinajstić information content (AvgIpc) is 1.82. The minimum atomic E-state index is -4.45. The first-order valence-corrected chi connectivity index (χ1v) is 3.29. The lowest BCUT2D eigenvalue weighted by molar-refractivity contribution is -0.145. The maximum atomic E-state index is 12.0.